The normalized spacial score (nSPS) is 9.90. The van der Waals surface area contributed by atoms with Crippen molar-refractivity contribution in [1.29, 1.82) is 0 Å². The number of methoxy groups -OCH3 is 1. The molecule has 0 amide bonds. The lowest BCUT2D eigenvalue weighted by Gasteiger charge is -2.12. The van der Waals surface area contributed by atoms with Gasteiger partial charge in [0.1, 0.15) is 11.5 Å². The second-order valence-corrected chi connectivity index (χ2v) is 4.40. The third-order valence-corrected chi connectivity index (χ3v) is 2.82. The number of esters is 1. The lowest BCUT2D eigenvalue weighted by Crippen LogP contribution is -2.09. The quantitative estimate of drug-likeness (QED) is 0.480. The molecule has 0 heterocycles. The van der Waals surface area contributed by atoms with Crippen LogP contribution in [0, 0.1) is 0 Å². The van der Waals surface area contributed by atoms with Crippen molar-refractivity contribution < 1.29 is 14.3 Å². The van der Waals surface area contributed by atoms with Gasteiger partial charge < -0.3 is 9.47 Å². The van der Waals surface area contributed by atoms with E-state index in [0.717, 1.165) is 11.1 Å². The summed E-state index contributed by atoms with van der Waals surface area (Å²) in [6, 6.07) is 15.1. The first-order valence-electron chi connectivity index (χ1n) is 6.23. The number of benzene rings is 2. The molecule has 0 unspecified atom stereocenters. The smallest absolute Gasteiger partial charge is 0.338 e. The molecule has 2 aromatic rings. The highest BCUT2D eigenvalue weighted by atomic mass is 16.5. The lowest BCUT2D eigenvalue weighted by atomic mass is 10.0. The van der Waals surface area contributed by atoms with Crippen molar-refractivity contribution in [3.05, 3.63) is 60.7 Å². The lowest BCUT2D eigenvalue weighted by molar-refractivity contribution is -0.130. The van der Waals surface area contributed by atoms with Crippen LogP contribution in [0.3, 0.4) is 0 Å². The van der Waals surface area contributed by atoms with Crippen molar-refractivity contribution in [2.24, 2.45) is 0 Å². The van der Waals surface area contributed by atoms with Crippen molar-refractivity contribution in [2.45, 2.75) is 6.92 Å². The molecule has 0 aliphatic heterocycles. The summed E-state index contributed by atoms with van der Waals surface area (Å²) in [5.41, 5.74) is 2.16. The molecule has 0 saturated heterocycles. The van der Waals surface area contributed by atoms with Crippen LogP contribution in [-0.2, 0) is 4.79 Å². The van der Waals surface area contributed by atoms with Crippen molar-refractivity contribution in [3.8, 4) is 22.6 Å². The molecule has 3 nitrogen and oxygen atoms in total. The largest absolute Gasteiger partial charge is 0.497 e. The summed E-state index contributed by atoms with van der Waals surface area (Å²) in [6.07, 6.45) is 0. The second kappa shape index (κ2) is 6.06. The minimum absolute atomic E-state index is 0.354. The maximum absolute atomic E-state index is 11.7. The monoisotopic (exact) mass is 268 g/mol. The highest BCUT2D eigenvalue weighted by Crippen LogP contribution is 2.33. The number of carbonyl (C=O) groups excluding carboxylic acids is 1. The van der Waals surface area contributed by atoms with E-state index in [1.54, 1.807) is 20.1 Å². The Kier molecular flexibility index (Phi) is 4.20. The number of rotatable bonds is 4. The Morgan fingerprint density at radius 3 is 2.40 bits per heavy atom. The Balaban J connectivity index is 2.46. The molecule has 0 aliphatic rings. The van der Waals surface area contributed by atoms with Gasteiger partial charge in [-0.15, -0.1) is 0 Å². The molecule has 0 radical (unpaired) electrons. The summed E-state index contributed by atoms with van der Waals surface area (Å²) in [7, 11) is 1.57. The molecule has 2 rings (SSSR count). The summed E-state index contributed by atoms with van der Waals surface area (Å²) in [4.78, 5) is 11.7. The standard InChI is InChI=1S/C17H16O3/c1-12(2)17(18)20-16-11-14(19-3)9-10-15(16)13-7-5-4-6-8-13/h4-11H,1H2,2-3H3. The van der Waals surface area contributed by atoms with Gasteiger partial charge in [-0.05, 0) is 24.6 Å². The third-order valence-electron chi connectivity index (χ3n) is 2.82. The third kappa shape index (κ3) is 3.06. The predicted octanol–water partition coefficient (Wildman–Crippen LogP) is 3.84. The number of hydrogen-bond donors (Lipinski definition) is 0. The van der Waals surface area contributed by atoms with E-state index in [1.165, 1.54) is 0 Å². The molecule has 0 saturated carbocycles. The van der Waals surface area contributed by atoms with E-state index < -0.39 is 5.97 Å². The van der Waals surface area contributed by atoms with Crippen LogP contribution in [0.1, 0.15) is 6.92 Å². The molecule has 3 heteroatoms. The fourth-order valence-corrected chi connectivity index (χ4v) is 1.76. The van der Waals surface area contributed by atoms with Crippen LogP contribution in [0.4, 0.5) is 0 Å². The van der Waals surface area contributed by atoms with Gasteiger partial charge in [-0.3, -0.25) is 0 Å². The van der Waals surface area contributed by atoms with E-state index in [4.69, 9.17) is 9.47 Å². The van der Waals surface area contributed by atoms with Crippen molar-refractivity contribution in [1.82, 2.24) is 0 Å². The molecule has 102 valence electrons. The second-order valence-electron chi connectivity index (χ2n) is 4.40. The first-order chi connectivity index (χ1) is 9.61. The average molecular weight is 268 g/mol. The van der Waals surface area contributed by atoms with Crippen molar-refractivity contribution >= 4 is 5.97 Å². The van der Waals surface area contributed by atoms with Crippen LogP contribution in [-0.4, -0.2) is 13.1 Å². The van der Waals surface area contributed by atoms with Crippen LogP contribution in [0.25, 0.3) is 11.1 Å². The van der Waals surface area contributed by atoms with Gasteiger partial charge in [-0.2, -0.15) is 0 Å². The van der Waals surface area contributed by atoms with Gasteiger partial charge in [0.15, 0.2) is 0 Å². The van der Waals surface area contributed by atoms with Crippen LogP contribution in [0.15, 0.2) is 60.7 Å². The Morgan fingerprint density at radius 1 is 1.10 bits per heavy atom. The molecular formula is C17H16O3. The van der Waals surface area contributed by atoms with Gasteiger partial charge in [0.05, 0.1) is 7.11 Å². The molecular weight excluding hydrogens is 252 g/mol. The van der Waals surface area contributed by atoms with E-state index in [0.29, 0.717) is 17.1 Å². The molecule has 0 bridgehead atoms. The Morgan fingerprint density at radius 2 is 1.80 bits per heavy atom. The van der Waals surface area contributed by atoms with Crippen LogP contribution in [0.5, 0.6) is 11.5 Å². The Bertz CT molecular complexity index is 630. The van der Waals surface area contributed by atoms with E-state index in [1.807, 2.05) is 42.5 Å². The van der Waals surface area contributed by atoms with Crippen LogP contribution >= 0.6 is 0 Å². The maximum Gasteiger partial charge on any atom is 0.338 e. The van der Waals surface area contributed by atoms with Gasteiger partial charge in [-0.25, -0.2) is 4.79 Å². The van der Waals surface area contributed by atoms with Crippen molar-refractivity contribution in [3.63, 3.8) is 0 Å². The molecule has 0 spiro atoms. The van der Waals surface area contributed by atoms with E-state index in [9.17, 15) is 4.79 Å². The predicted molar refractivity (Wildman–Crippen MR) is 78.9 cm³/mol. The fourth-order valence-electron chi connectivity index (χ4n) is 1.76. The molecule has 0 fully saturated rings. The molecule has 0 aromatic heterocycles. The molecule has 0 N–H and O–H groups in total. The Hall–Kier alpha value is -2.55. The van der Waals surface area contributed by atoms with Gasteiger partial charge in [0, 0.05) is 17.2 Å². The number of ether oxygens (including phenoxy) is 2. The molecule has 20 heavy (non-hydrogen) atoms. The zero-order valence-corrected chi connectivity index (χ0v) is 11.6. The number of carbonyl (C=O) groups is 1. The maximum atomic E-state index is 11.7. The molecule has 0 aliphatic carbocycles. The topological polar surface area (TPSA) is 35.5 Å². The first-order valence-corrected chi connectivity index (χ1v) is 6.23. The van der Waals surface area contributed by atoms with E-state index in [-0.39, 0.29) is 0 Å². The summed E-state index contributed by atoms with van der Waals surface area (Å²) in [5.74, 6) is 0.646. The minimum atomic E-state index is -0.449. The highest BCUT2D eigenvalue weighted by molar-refractivity contribution is 5.90. The van der Waals surface area contributed by atoms with Gasteiger partial charge in [0.25, 0.3) is 0 Å². The van der Waals surface area contributed by atoms with Crippen LogP contribution < -0.4 is 9.47 Å². The van der Waals surface area contributed by atoms with Crippen molar-refractivity contribution in [2.75, 3.05) is 7.11 Å². The SMILES string of the molecule is C=C(C)C(=O)Oc1cc(OC)ccc1-c1ccccc1. The van der Waals surface area contributed by atoms with Gasteiger partial charge >= 0.3 is 5.97 Å². The molecule has 2 aromatic carbocycles. The number of hydrogen-bond acceptors (Lipinski definition) is 3. The zero-order valence-electron chi connectivity index (χ0n) is 11.6. The molecule has 0 atom stereocenters. The Labute approximate surface area is 118 Å². The van der Waals surface area contributed by atoms with Gasteiger partial charge in [-0.1, -0.05) is 36.9 Å². The van der Waals surface area contributed by atoms with Crippen LogP contribution in [0.2, 0.25) is 0 Å². The van der Waals surface area contributed by atoms with E-state index >= 15 is 0 Å². The summed E-state index contributed by atoms with van der Waals surface area (Å²) < 4.78 is 10.6. The summed E-state index contributed by atoms with van der Waals surface area (Å²) in [6.45, 7) is 5.21. The zero-order chi connectivity index (χ0) is 14.5. The highest BCUT2D eigenvalue weighted by Gasteiger charge is 2.12. The van der Waals surface area contributed by atoms with E-state index in [2.05, 4.69) is 6.58 Å². The summed E-state index contributed by atoms with van der Waals surface area (Å²) >= 11 is 0. The first kappa shape index (κ1) is 13.9. The van der Waals surface area contributed by atoms with Gasteiger partial charge in [0.2, 0.25) is 0 Å². The fraction of sp³-hybridized carbons (Fsp3) is 0.118. The summed E-state index contributed by atoms with van der Waals surface area (Å²) in [5, 5.41) is 0. The minimum Gasteiger partial charge on any atom is -0.497 e. The average Bonchev–Trinajstić information content (AvgIpc) is 2.48.